The van der Waals surface area contributed by atoms with E-state index in [4.69, 9.17) is 0 Å². The molecule has 1 aliphatic heterocycles. The van der Waals surface area contributed by atoms with Gasteiger partial charge in [0.25, 0.3) is 5.91 Å². The maximum Gasteiger partial charge on any atom is 0.273 e. The molecule has 1 unspecified atom stereocenters. The van der Waals surface area contributed by atoms with Gasteiger partial charge in [-0.2, -0.15) is 5.10 Å². The molecule has 1 saturated heterocycles. The van der Waals surface area contributed by atoms with Crippen molar-refractivity contribution < 1.29 is 4.79 Å². The summed E-state index contributed by atoms with van der Waals surface area (Å²) in [7, 11) is 0. The van der Waals surface area contributed by atoms with Crippen molar-refractivity contribution in [1.29, 1.82) is 0 Å². The van der Waals surface area contributed by atoms with Gasteiger partial charge >= 0.3 is 0 Å². The number of carbonyl (C=O) groups excluding carboxylic acids is 1. The number of likely N-dealkylation sites (tertiary alicyclic amines) is 1. The third-order valence-electron chi connectivity index (χ3n) is 5.33. The lowest BCUT2D eigenvalue weighted by Gasteiger charge is -2.33. The number of hydrogen-bond acceptors (Lipinski definition) is 3. The molecule has 27 heavy (non-hydrogen) atoms. The maximum absolute atomic E-state index is 12.4. The van der Waals surface area contributed by atoms with Crippen LogP contribution in [0.15, 0.2) is 28.7 Å². The van der Waals surface area contributed by atoms with Crippen molar-refractivity contribution in [1.82, 2.24) is 20.4 Å². The molecule has 3 rings (SSSR count). The van der Waals surface area contributed by atoms with E-state index >= 15 is 0 Å². The molecule has 146 valence electrons. The highest BCUT2D eigenvalue weighted by Crippen LogP contribution is 2.25. The number of aromatic amines is 1. The molecule has 1 fully saturated rings. The smallest absolute Gasteiger partial charge is 0.273 e. The van der Waals surface area contributed by atoms with Gasteiger partial charge in [-0.25, -0.2) is 0 Å². The molecule has 0 radical (unpaired) electrons. The van der Waals surface area contributed by atoms with Crippen LogP contribution in [0, 0.1) is 0 Å². The zero-order chi connectivity index (χ0) is 19.4. The second-order valence-corrected chi connectivity index (χ2v) is 8.56. The lowest BCUT2D eigenvalue weighted by Crippen LogP contribution is -2.36. The Balaban J connectivity index is 1.55. The molecule has 0 saturated carbocycles. The minimum Gasteiger partial charge on any atom is -0.347 e. The first-order chi connectivity index (χ1) is 13.0. The number of carbonyl (C=O) groups is 1. The summed E-state index contributed by atoms with van der Waals surface area (Å²) in [6, 6.07) is 9.21. The summed E-state index contributed by atoms with van der Waals surface area (Å²) in [5.74, 6) is 0.111. The van der Waals surface area contributed by atoms with Crippen molar-refractivity contribution in [2.75, 3.05) is 6.54 Å². The standard InChI is InChI=1S/C21H29BrN4O/c1-14(2)19-18(22)20(25-24-19)21(27)23-12-16-7-9-17(10-8-16)13-26-11-5-4-6-15(26)3/h7-10,14-15H,4-6,11-13H2,1-3H3,(H,23,27)(H,24,25). The summed E-state index contributed by atoms with van der Waals surface area (Å²) in [4.78, 5) is 15.0. The van der Waals surface area contributed by atoms with Crippen LogP contribution < -0.4 is 5.32 Å². The quantitative estimate of drug-likeness (QED) is 0.700. The largest absolute Gasteiger partial charge is 0.347 e. The lowest BCUT2D eigenvalue weighted by molar-refractivity contribution is 0.0945. The van der Waals surface area contributed by atoms with E-state index in [1.54, 1.807) is 0 Å². The monoisotopic (exact) mass is 432 g/mol. The minimum atomic E-state index is -0.170. The van der Waals surface area contributed by atoms with Crippen LogP contribution in [0.3, 0.4) is 0 Å². The Kier molecular flexibility index (Phi) is 6.71. The van der Waals surface area contributed by atoms with Crippen LogP contribution >= 0.6 is 15.9 Å². The van der Waals surface area contributed by atoms with Crippen LogP contribution in [0.2, 0.25) is 0 Å². The third kappa shape index (κ3) is 4.99. The van der Waals surface area contributed by atoms with Crippen LogP contribution in [-0.4, -0.2) is 33.6 Å². The number of aromatic nitrogens is 2. The van der Waals surface area contributed by atoms with Crippen molar-refractivity contribution in [2.24, 2.45) is 0 Å². The number of nitrogens with zero attached hydrogens (tertiary/aromatic N) is 2. The summed E-state index contributed by atoms with van der Waals surface area (Å²) >= 11 is 3.48. The number of H-pyrrole nitrogens is 1. The fourth-order valence-electron chi connectivity index (χ4n) is 3.53. The second kappa shape index (κ2) is 9.02. The van der Waals surface area contributed by atoms with E-state index in [2.05, 4.69) is 81.4 Å². The molecule has 0 bridgehead atoms. The minimum absolute atomic E-state index is 0.170. The summed E-state index contributed by atoms with van der Waals surface area (Å²) in [5.41, 5.74) is 3.77. The van der Waals surface area contributed by atoms with Gasteiger partial charge in [0.2, 0.25) is 0 Å². The number of amides is 1. The van der Waals surface area contributed by atoms with Gasteiger partial charge in [-0.05, 0) is 59.3 Å². The molecule has 6 heteroatoms. The Labute approximate surface area is 170 Å². The van der Waals surface area contributed by atoms with E-state index in [1.807, 2.05) is 0 Å². The van der Waals surface area contributed by atoms with Gasteiger partial charge in [0.1, 0.15) is 0 Å². The fraction of sp³-hybridized carbons (Fsp3) is 0.524. The SMILES string of the molecule is CC(C)c1[nH]nc(C(=O)NCc2ccc(CN3CCCCC3C)cc2)c1Br. The van der Waals surface area contributed by atoms with Crippen molar-refractivity contribution >= 4 is 21.8 Å². The topological polar surface area (TPSA) is 61.0 Å². The third-order valence-corrected chi connectivity index (χ3v) is 6.13. The number of rotatable bonds is 6. The molecule has 1 atom stereocenters. The van der Waals surface area contributed by atoms with E-state index < -0.39 is 0 Å². The number of halogens is 1. The highest BCUT2D eigenvalue weighted by atomic mass is 79.9. The Hall–Kier alpha value is -1.66. The summed E-state index contributed by atoms with van der Waals surface area (Å²) in [6.45, 7) is 9.14. The number of piperidine rings is 1. The predicted molar refractivity (Wildman–Crippen MR) is 112 cm³/mol. The van der Waals surface area contributed by atoms with E-state index in [0.29, 0.717) is 18.3 Å². The first-order valence-electron chi connectivity index (χ1n) is 9.79. The van der Waals surface area contributed by atoms with Crippen molar-refractivity contribution in [3.63, 3.8) is 0 Å². The molecular weight excluding hydrogens is 404 g/mol. The Morgan fingerprint density at radius 3 is 2.63 bits per heavy atom. The predicted octanol–water partition coefficient (Wildman–Crippen LogP) is 4.60. The fourth-order valence-corrected chi connectivity index (χ4v) is 4.35. The van der Waals surface area contributed by atoms with Crippen molar-refractivity contribution in [2.45, 2.75) is 65.1 Å². The summed E-state index contributed by atoms with van der Waals surface area (Å²) in [5, 5.41) is 10.0. The molecule has 2 N–H and O–H groups in total. The van der Waals surface area contributed by atoms with Gasteiger partial charge in [-0.3, -0.25) is 14.8 Å². The highest BCUT2D eigenvalue weighted by Gasteiger charge is 2.19. The van der Waals surface area contributed by atoms with Gasteiger partial charge in [-0.1, -0.05) is 44.5 Å². The maximum atomic E-state index is 12.4. The van der Waals surface area contributed by atoms with Gasteiger partial charge in [-0.15, -0.1) is 0 Å². The van der Waals surface area contributed by atoms with Gasteiger partial charge in [0, 0.05) is 19.1 Å². The average Bonchev–Trinajstić information content (AvgIpc) is 3.04. The van der Waals surface area contributed by atoms with Crippen LogP contribution in [0.25, 0.3) is 0 Å². The van der Waals surface area contributed by atoms with Crippen molar-refractivity contribution in [3.05, 3.63) is 51.3 Å². The number of hydrogen-bond donors (Lipinski definition) is 2. The highest BCUT2D eigenvalue weighted by molar-refractivity contribution is 9.10. The number of benzene rings is 1. The number of nitrogens with one attached hydrogen (secondary N) is 2. The lowest BCUT2D eigenvalue weighted by atomic mass is 10.0. The first kappa shape index (κ1) is 20.1. The van der Waals surface area contributed by atoms with E-state index in [1.165, 1.54) is 31.4 Å². The molecule has 1 aromatic carbocycles. The molecule has 2 heterocycles. The van der Waals surface area contributed by atoms with E-state index in [0.717, 1.165) is 22.3 Å². The zero-order valence-electron chi connectivity index (χ0n) is 16.4. The average molecular weight is 433 g/mol. The molecule has 0 aliphatic carbocycles. The molecular formula is C21H29BrN4O. The van der Waals surface area contributed by atoms with Crippen LogP contribution in [0.4, 0.5) is 0 Å². The van der Waals surface area contributed by atoms with Crippen LogP contribution in [0.5, 0.6) is 0 Å². The Bertz CT molecular complexity index is 769. The molecule has 1 aliphatic rings. The Morgan fingerprint density at radius 1 is 1.30 bits per heavy atom. The van der Waals surface area contributed by atoms with Crippen LogP contribution in [0.1, 0.15) is 73.3 Å². The van der Waals surface area contributed by atoms with Crippen molar-refractivity contribution in [3.8, 4) is 0 Å². The van der Waals surface area contributed by atoms with Crippen LogP contribution in [-0.2, 0) is 13.1 Å². The zero-order valence-corrected chi connectivity index (χ0v) is 18.0. The molecule has 1 amide bonds. The molecule has 0 spiro atoms. The second-order valence-electron chi connectivity index (χ2n) is 7.77. The molecule has 2 aromatic rings. The Morgan fingerprint density at radius 2 is 2.00 bits per heavy atom. The normalized spacial score (nSPS) is 18.0. The molecule has 5 nitrogen and oxygen atoms in total. The summed E-state index contributed by atoms with van der Waals surface area (Å²) in [6.07, 6.45) is 3.95. The van der Waals surface area contributed by atoms with E-state index in [-0.39, 0.29) is 11.8 Å². The van der Waals surface area contributed by atoms with E-state index in [9.17, 15) is 4.79 Å². The van der Waals surface area contributed by atoms with Gasteiger partial charge < -0.3 is 5.32 Å². The molecule has 1 aromatic heterocycles. The van der Waals surface area contributed by atoms with Gasteiger partial charge in [0.15, 0.2) is 5.69 Å². The summed E-state index contributed by atoms with van der Waals surface area (Å²) < 4.78 is 0.751. The van der Waals surface area contributed by atoms with Gasteiger partial charge in [0.05, 0.1) is 10.2 Å². The first-order valence-corrected chi connectivity index (χ1v) is 10.6.